The topological polar surface area (TPSA) is 188 Å². The van der Waals surface area contributed by atoms with Crippen LogP contribution >= 0.6 is 11.6 Å². The molecule has 11 nitrogen and oxygen atoms in total. The highest BCUT2D eigenvalue weighted by molar-refractivity contribution is 6.28. The SMILES string of the molecule is CC(C)[C@H](NC(=O)[C@@H](N)Cc1ccc(O)cc1)C(=O)N[C@@H](C)C(=O)N[C@@H](CC(=O)O)C(=O)CCl. The van der Waals surface area contributed by atoms with E-state index in [4.69, 9.17) is 22.4 Å². The molecule has 1 aromatic rings. The number of Topliss-reactive ketones (excluding diaryl/α,β-unsaturated/α-hetero) is 1. The van der Waals surface area contributed by atoms with Gasteiger partial charge in [-0.05, 0) is 37.0 Å². The molecule has 0 bridgehead atoms. The zero-order valence-electron chi connectivity index (χ0n) is 19.2. The van der Waals surface area contributed by atoms with Gasteiger partial charge in [-0.25, -0.2) is 0 Å². The predicted octanol–water partition coefficient (Wildman–Crippen LogP) is -0.325. The van der Waals surface area contributed by atoms with Crippen LogP contribution in [0.25, 0.3) is 0 Å². The zero-order chi connectivity index (χ0) is 26.0. The first-order chi connectivity index (χ1) is 15.8. The highest BCUT2D eigenvalue weighted by Gasteiger charge is 2.30. The fourth-order valence-corrected chi connectivity index (χ4v) is 3.14. The number of halogens is 1. The van der Waals surface area contributed by atoms with Crippen molar-refractivity contribution in [2.45, 2.75) is 57.8 Å². The molecule has 0 radical (unpaired) electrons. The number of phenolic OH excluding ortho intramolecular Hbond substituents is 1. The fraction of sp³-hybridized carbons (Fsp3) is 0.500. The third-order valence-electron chi connectivity index (χ3n) is 4.94. The molecule has 4 atom stereocenters. The lowest BCUT2D eigenvalue weighted by Gasteiger charge is -2.25. The summed E-state index contributed by atoms with van der Waals surface area (Å²) in [5.41, 5.74) is 6.68. The normalized spacial score (nSPS) is 14.4. The fourth-order valence-electron chi connectivity index (χ4n) is 2.95. The second kappa shape index (κ2) is 13.5. The molecule has 0 aliphatic heterocycles. The lowest BCUT2D eigenvalue weighted by atomic mass is 10.0. The van der Waals surface area contributed by atoms with Gasteiger partial charge in [-0.3, -0.25) is 24.0 Å². The Labute approximate surface area is 202 Å². The molecule has 7 N–H and O–H groups in total. The molecular formula is C22H31ClN4O7. The van der Waals surface area contributed by atoms with Crippen LogP contribution < -0.4 is 21.7 Å². The van der Waals surface area contributed by atoms with Gasteiger partial charge in [0.05, 0.1) is 24.4 Å². The van der Waals surface area contributed by atoms with Crippen molar-refractivity contribution in [2.24, 2.45) is 11.7 Å². The summed E-state index contributed by atoms with van der Waals surface area (Å²) < 4.78 is 0. The van der Waals surface area contributed by atoms with Gasteiger partial charge in [0, 0.05) is 0 Å². The summed E-state index contributed by atoms with van der Waals surface area (Å²) in [7, 11) is 0. The maximum absolute atomic E-state index is 12.8. The van der Waals surface area contributed by atoms with Crippen LogP contribution in [-0.2, 0) is 30.4 Å². The van der Waals surface area contributed by atoms with Gasteiger partial charge in [0.2, 0.25) is 17.7 Å². The molecule has 0 aliphatic carbocycles. The summed E-state index contributed by atoms with van der Waals surface area (Å²) in [5, 5.41) is 25.6. The summed E-state index contributed by atoms with van der Waals surface area (Å²) >= 11 is 5.46. The number of nitrogens with two attached hydrogens (primary N) is 1. The molecule has 0 saturated heterocycles. The summed E-state index contributed by atoms with van der Waals surface area (Å²) in [6.45, 7) is 4.75. The van der Waals surface area contributed by atoms with Gasteiger partial charge in [0.1, 0.15) is 17.8 Å². The standard InChI is InChI=1S/C22H31ClN4O7/c1-11(2)19(27-21(33)15(24)8-13-4-6-14(28)7-5-13)22(34)25-12(3)20(32)26-16(9-18(30)31)17(29)10-23/h4-7,11-12,15-16,19,28H,8-10,24H2,1-3H3,(H,25,34)(H,26,32)(H,27,33)(H,30,31)/t12-,15-,16-,19-/m0/s1. The van der Waals surface area contributed by atoms with Gasteiger partial charge in [-0.2, -0.15) is 0 Å². The smallest absolute Gasteiger partial charge is 0.305 e. The number of alkyl halides is 1. The van der Waals surface area contributed by atoms with E-state index < -0.39 is 65.9 Å². The number of hydrogen-bond acceptors (Lipinski definition) is 7. The summed E-state index contributed by atoms with van der Waals surface area (Å²) in [5.74, 6) is -4.73. The Hall–Kier alpha value is -3.18. The van der Waals surface area contributed by atoms with E-state index in [1.165, 1.54) is 19.1 Å². The first-order valence-corrected chi connectivity index (χ1v) is 11.1. The van der Waals surface area contributed by atoms with Crippen LogP contribution in [0.1, 0.15) is 32.8 Å². The third kappa shape index (κ3) is 9.36. The number of carbonyl (C=O) groups is 5. The van der Waals surface area contributed by atoms with Gasteiger partial charge in [0.25, 0.3) is 0 Å². The van der Waals surface area contributed by atoms with Crippen LogP contribution in [0, 0.1) is 5.92 Å². The summed E-state index contributed by atoms with van der Waals surface area (Å²) in [6, 6.07) is 1.77. The van der Waals surface area contributed by atoms with Crippen molar-refractivity contribution < 1.29 is 34.2 Å². The Balaban J connectivity index is 2.76. The second-order valence-electron chi connectivity index (χ2n) is 8.20. The first-order valence-electron chi connectivity index (χ1n) is 10.6. The van der Waals surface area contributed by atoms with E-state index >= 15 is 0 Å². The van der Waals surface area contributed by atoms with Gasteiger partial charge in [-0.1, -0.05) is 26.0 Å². The van der Waals surface area contributed by atoms with Crippen LogP contribution in [0.3, 0.4) is 0 Å². The lowest BCUT2D eigenvalue weighted by Crippen LogP contribution is -2.58. The molecule has 1 aromatic carbocycles. The largest absolute Gasteiger partial charge is 0.508 e. The molecule has 3 amide bonds. The molecule has 0 saturated carbocycles. The van der Waals surface area contributed by atoms with E-state index in [2.05, 4.69) is 16.0 Å². The highest BCUT2D eigenvalue weighted by atomic mass is 35.5. The lowest BCUT2D eigenvalue weighted by molar-refractivity contribution is -0.140. The van der Waals surface area contributed by atoms with Crippen LogP contribution in [0.15, 0.2) is 24.3 Å². The van der Waals surface area contributed by atoms with Crippen molar-refractivity contribution in [2.75, 3.05) is 5.88 Å². The molecule has 0 unspecified atom stereocenters. The second-order valence-corrected chi connectivity index (χ2v) is 8.46. The maximum atomic E-state index is 12.8. The van der Waals surface area contributed by atoms with E-state index in [1.54, 1.807) is 26.0 Å². The number of amides is 3. The molecule has 0 fully saturated rings. The van der Waals surface area contributed by atoms with E-state index in [0.717, 1.165) is 5.56 Å². The molecule has 0 spiro atoms. The number of carboxylic acids is 1. The van der Waals surface area contributed by atoms with E-state index in [-0.39, 0.29) is 18.1 Å². The van der Waals surface area contributed by atoms with Crippen molar-refractivity contribution in [1.82, 2.24) is 16.0 Å². The average molecular weight is 499 g/mol. The Morgan fingerprint density at radius 3 is 2.03 bits per heavy atom. The van der Waals surface area contributed by atoms with Crippen molar-refractivity contribution in [3.63, 3.8) is 0 Å². The minimum atomic E-state index is -1.33. The van der Waals surface area contributed by atoms with E-state index in [0.29, 0.717) is 0 Å². The predicted molar refractivity (Wildman–Crippen MR) is 124 cm³/mol. The average Bonchev–Trinajstić information content (AvgIpc) is 2.76. The number of carboxylic acid groups (broad SMARTS) is 1. The molecular weight excluding hydrogens is 468 g/mol. The molecule has 188 valence electrons. The Morgan fingerprint density at radius 1 is 0.941 bits per heavy atom. The van der Waals surface area contributed by atoms with Gasteiger partial charge in [-0.15, -0.1) is 11.6 Å². The monoisotopic (exact) mass is 498 g/mol. The van der Waals surface area contributed by atoms with Crippen molar-refractivity contribution in [3.8, 4) is 5.75 Å². The number of ketones is 1. The number of benzene rings is 1. The molecule has 0 aromatic heterocycles. The van der Waals surface area contributed by atoms with Gasteiger partial charge < -0.3 is 31.9 Å². The van der Waals surface area contributed by atoms with Crippen LogP contribution in [-0.4, -0.2) is 69.7 Å². The van der Waals surface area contributed by atoms with Gasteiger partial charge >= 0.3 is 5.97 Å². The van der Waals surface area contributed by atoms with Crippen LogP contribution in [0.2, 0.25) is 0 Å². The number of carbonyl (C=O) groups excluding carboxylic acids is 4. The zero-order valence-corrected chi connectivity index (χ0v) is 20.0. The quantitative estimate of drug-likeness (QED) is 0.199. The highest BCUT2D eigenvalue weighted by Crippen LogP contribution is 2.11. The number of phenols is 1. The van der Waals surface area contributed by atoms with E-state index in [9.17, 15) is 29.1 Å². The maximum Gasteiger partial charge on any atom is 0.305 e. The number of nitrogens with one attached hydrogen (secondary N) is 3. The Morgan fingerprint density at radius 2 is 1.53 bits per heavy atom. The molecule has 12 heteroatoms. The van der Waals surface area contributed by atoms with Gasteiger partial charge in [0.15, 0.2) is 5.78 Å². The number of hydrogen-bond donors (Lipinski definition) is 6. The number of aliphatic carboxylic acids is 1. The van der Waals surface area contributed by atoms with Crippen LogP contribution in [0.4, 0.5) is 0 Å². The van der Waals surface area contributed by atoms with E-state index in [1.807, 2.05) is 0 Å². The Kier molecular flexibility index (Phi) is 11.5. The molecule has 34 heavy (non-hydrogen) atoms. The molecule has 1 rings (SSSR count). The molecule has 0 heterocycles. The van der Waals surface area contributed by atoms with Crippen molar-refractivity contribution in [1.29, 1.82) is 0 Å². The first kappa shape index (κ1) is 28.9. The minimum absolute atomic E-state index is 0.0813. The summed E-state index contributed by atoms with van der Waals surface area (Å²) in [6.07, 6.45) is -0.474. The van der Waals surface area contributed by atoms with Crippen molar-refractivity contribution >= 4 is 41.1 Å². The Bertz CT molecular complexity index is 892. The number of rotatable bonds is 13. The number of aromatic hydroxyl groups is 1. The molecule has 0 aliphatic rings. The third-order valence-corrected chi connectivity index (χ3v) is 5.21. The van der Waals surface area contributed by atoms with Crippen LogP contribution in [0.5, 0.6) is 5.75 Å². The summed E-state index contributed by atoms with van der Waals surface area (Å²) in [4.78, 5) is 60.4. The minimum Gasteiger partial charge on any atom is -0.508 e. The van der Waals surface area contributed by atoms with Crippen molar-refractivity contribution in [3.05, 3.63) is 29.8 Å².